The van der Waals surface area contributed by atoms with Crippen molar-refractivity contribution in [1.82, 2.24) is 0 Å². The molecule has 0 heterocycles. The van der Waals surface area contributed by atoms with Crippen LogP contribution in [-0.2, 0) is 25.5 Å². The minimum absolute atomic E-state index is 0.0604. The maximum absolute atomic E-state index is 10.1. The van der Waals surface area contributed by atoms with Gasteiger partial charge in [0.15, 0.2) is 0 Å². The molecule has 2 aromatic carbocycles. The van der Waals surface area contributed by atoms with Crippen molar-refractivity contribution in [2.75, 3.05) is 33.0 Å². The molecule has 32 heavy (non-hydrogen) atoms. The van der Waals surface area contributed by atoms with Crippen LogP contribution in [0.25, 0.3) is 0 Å². The summed E-state index contributed by atoms with van der Waals surface area (Å²) in [6.45, 7) is 3.95. The Hall–Kier alpha value is -2.96. The van der Waals surface area contributed by atoms with Gasteiger partial charge in [-0.15, -0.1) is 0 Å². The van der Waals surface area contributed by atoms with E-state index in [1.807, 2.05) is 31.2 Å². The van der Waals surface area contributed by atoms with E-state index in [0.717, 1.165) is 17.5 Å². The maximum atomic E-state index is 10.1. The van der Waals surface area contributed by atoms with Crippen molar-refractivity contribution >= 4 is 23.5 Å². The Kier molecular flexibility index (Phi) is 15.0. The lowest BCUT2D eigenvalue weighted by molar-refractivity contribution is -0.0129. The first kappa shape index (κ1) is 27.1. The van der Waals surface area contributed by atoms with Gasteiger partial charge in [-0.25, -0.2) is 9.59 Å². The molecule has 0 aliphatic carbocycles. The topological polar surface area (TPSA) is 118 Å². The Labute approximate surface area is 188 Å². The predicted molar refractivity (Wildman–Crippen MR) is 121 cm³/mol. The molecule has 8 heteroatoms. The molecule has 0 radical (unpaired) electrons. The highest BCUT2D eigenvalue weighted by atomic mass is 16.5. The number of aliphatic hydroxyl groups is 2. The number of rotatable bonds is 13. The largest absolute Gasteiger partial charge is 0.396 e. The number of benzene rings is 2. The van der Waals surface area contributed by atoms with Crippen LogP contribution in [0.2, 0.25) is 0 Å². The van der Waals surface area contributed by atoms with Crippen molar-refractivity contribution in [3.63, 3.8) is 0 Å². The van der Waals surface area contributed by atoms with E-state index in [9.17, 15) is 9.59 Å². The third-order valence-corrected chi connectivity index (χ3v) is 4.13. The second-order valence-corrected chi connectivity index (χ2v) is 6.83. The fourth-order valence-electron chi connectivity index (χ4n) is 2.53. The molecule has 172 valence electrons. The maximum Gasteiger partial charge on any atom is 0.240 e. The number of ether oxygens (including phenoxy) is 2. The SMILES string of the molecule is CC(COCCCO)OCCCO.O=C=Nc1ccc(Cc2ccc(N=C=O)cc2)cc1. The Morgan fingerprint density at radius 3 is 1.72 bits per heavy atom. The number of aliphatic hydroxyl groups excluding tert-OH is 2. The Morgan fingerprint density at radius 1 is 0.812 bits per heavy atom. The van der Waals surface area contributed by atoms with E-state index in [2.05, 4.69) is 9.98 Å². The summed E-state index contributed by atoms with van der Waals surface area (Å²) >= 11 is 0. The van der Waals surface area contributed by atoms with E-state index in [4.69, 9.17) is 19.7 Å². The molecule has 0 bridgehead atoms. The van der Waals surface area contributed by atoms with Gasteiger partial charge in [-0.2, -0.15) is 9.98 Å². The summed E-state index contributed by atoms with van der Waals surface area (Å²) in [6, 6.07) is 14.7. The lowest BCUT2D eigenvalue weighted by Gasteiger charge is -2.12. The first-order chi connectivity index (χ1) is 15.6. The Balaban J connectivity index is 0.000000347. The summed E-state index contributed by atoms with van der Waals surface area (Å²) in [6.07, 6.45) is 5.17. The van der Waals surface area contributed by atoms with Gasteiger partial charge in [0, 0.05) is 26.4 Å². The standard InChI is InChI=1S/C15H10N2O2.C9H20O4/c18-10-16-14-5-1-12(2-6-14)9-13-3-7-15(8-4-13)17-11-19;1-9(13-7-3-5-11)8-12-6-2-4-10/h1-8H,9H2;9-11H,2-8H2,1H3. The van der Waals surface area contributed by atoms with E-state index < -0.39 is 0 Å². The fraction of sp³-hybridized carbons (Fsp3) is 0.417. The Bertz CT molecular complexity index is 782. The van der Waals surface area contributed by atoms with Crippen molar-refractivity contribution in [1.29, 1.82) is 0 Å². The number of carbonyl (C=O) groups excluding carboxylic acids is 2. The summed E-state index contributed by atoms with van der Waals surface area (Å²) in [5.41, 5.74) is 3.40. The summed E-state index contributed by atoms with van der Waals surface area (Å²) in [5, 5.41) is 17.0. The van der Waals surface area contributed by atoms with Gasteiger partial charge in [-0.3, -0.25) is 0 Å². The van der Waals surface area contributed by atoms with Crippen LogP contribution in [0.4, 0.5) is 11.4 Å². The van der Waals surface area contributed by atoms with Crippen molar-refractivity contribution in [2.45, 2.75) is 32.3 Å². The average molecular weight is 443 g/mol. The molecular weight excluding hydrogens is 412 g/mol. The molecule has 0 amide bonds. The predicted octanol–water partition coefficient (Wildman–Crippen LogP) is 3.38. The average Bonchev–Trinajstić information content (AvgIpc) is 2.80. The minimum Gasteiger partial charge on any atom is -0.396 e. The zero-order chi connectivity index (χ0) is 23.4. The van der Waals surface area contributed by atoms with Crippen LogP contribution < -0.4 is 0 Å². The molecule has 2 aromatic rings. The zero-order valence-corrected chi connectivity index (χ0v) is 18.3. The van der Waals surface area contributed by atoms with E-state index in [0.29, 0.717) is 44.0 Å². The fourth-order valence-corrected chi connectivity index (χ4v) is 2.53. The summed E-state index contributed by atoms with van der Waals surface area (Å²) in [5.74, 6) is 0. The van der Waals surface area contributed by atoms with Crippen molar-refractivity contribution < 1.29 is 29.3 Å². The van der Waals surface area contributed by atoms with Gasteiger partial charge in [0.2, 0.25) is 12.2 Å². The molecule has 0 spiro atoms. The number of nitrogens with zero attached hydrogens (tertiary/aromatic N) is 2. The third-order valence-electron chi connectivity index (χ3n) is 4.13. The number of hydrogen-bond acceptors (Lipinski definition) is 8. The van der Waals surface area contributed by atoms with Gasteiger partial charge < -0.3 is 19.7 Å². The van der Waals surface area contributed by atoms with Crippen LogP contribution in [0, 0.1) is 0 Å². The van der Waals surface area contributed by atoms with E-state index >= 15 is 0 Å². The van der Waals surface area contributed by atoms with Crippen molar-refractivity contribution in [3.8, 4) is 0 Å². The number of hydrogen-bond donors (Lipinski definition) is 2. The van der Waals surface area contributed by atoms with Gasteiger partial charge in [-0.05, 0) is 61.6 Å². The van der Waals surface area contributed by atoms with Crippen LogP contribution in [0.3, 0.4) is 0 Å². The molecule has 8 nitrogen and oxygen atoms in total. The van der Waals surface area contributed by atoms with Gasteiger partial charge in [0.1, 0.15) is 0 Å². The first-order valence-corrected chi connectivity index (χ1v) is 10.4. The van der Waals surface area contributed by atoms with Crippen LogP contribution in [0.1, 0.15) is 30.9 Å². The van der Waals surface area contributed by atoms with Gasteiger partial charge >= 0.3 is 0 Å². The molecule has 2 rings (SSSR count). The van der Waals surface area contributed by atoms with E-state index in [-0.39, 0.29) is 19.3 Å². The number of aliphatic imine (C=N–C) groups is 2. The van der Waals surface area contributed by atoms with Crippen molar-refractivity contribution in [3.05, 3.63) is 59.7 Å². The highest BCUT2D eigenvalue weighted by molar-refractivity contribution is 5.51. The van der Waals surface area contributed by atoms with E-state index in [1.165, 1.54) is 12.2 Å². The quantitative estimate of drug-likeness (QED) is 0.279. The monoisotopic (exact) mass is 442 g/mol. The zero-order valence-electron chi connectivity index (χ0n) is 18.3. The second-order valence-electron chi connectivity index (χ2n) is 6.83. The van der Waals surface area contributed by atoms with Crippen LogP contribution in [0.15, 0.2) is 58.5 Å². The van der Waals surface area contributed by atoms with Crippen LogP contribution in [-0.4, -0.2) is 61.5 Å². The van der Waals surface area contributed by atoms with Gasteiger partial charge in [0.25, 0.3) is 0 Å². The lowest BCUT2D eigenvalue weighted by Crippen LogP contribution is -2.17. The summed E-state index contributed by atoms with van der Waals surface area (Å²) in [4.78, 5) is 27.3. The highest BCUT2D eigenvalue weighted by Crippen LogP contribution is 2.17. The molecule has 0 aliphatic rings. The third kappa shape index (κ3) is 12.7. The molecular formula is C24H30N2O6. The minimum atomic E-state index is 0.0604. The van der Waals surface area contributed by atoms with Gasteiger partial charge in [-0.1, -0.05) is 24.3 Å². The van der Waals surface area contributed by atoms with Crippen LogP contribution >= 0.6 is 0 Å². The molecule has 1 atom stereocenters. The first-order valence-electron chi connectivity index (χ1n) is 10.4. The second kappa shape index (κ2) is 17.7. The summed E-state index contributed by atoms with van der Waals surface area (Å²) in [7, 11) is 0. The molecule has 0 saturated heterocycles. The molecule has 0 saturated carbocycles. The molecule has 0 fully saturated rings. The number of isocyanates is 2. The molecule has 2 N–H and O–H groups in total. The van der Waals surface area contributed by atoms with Crippen molar-refractivity contribution in [2.24, 2.45) is 9.98 Å². The summed E-state index contributed by atoms with van der Waals surface area (Å²) < 4.78 is 10.5. The van der Waals surface area contributed by atoms with Gasteiger partial charge in [0.05, 0.1) is 24.1 Å². The Morgan fingerprint density at radius 2 is 1.28 bits per heavy atom. The lowest BCUT2D eigenvalue weighted by atomic mass is 10.0. The molecule has 0 aromatic heterocycles. The molecule has 0 aliphatic heterocycles. The molecule has 1 unspecified atom stereocenters. The van der Waals surface area contributed by atoms with Crippen LogP contribution in [0.5, 0.6) is 0 Å². The smallest absolute Gasteiger partial charge is 0.240 e. The normalized spacial score (nSPS) is 10.8. The highest BCUT2D eigenvalue weighted by Gasteiger charge is 2.01. The van der Waals surface area contributed by atoms with E-state index in [1.54, 1.807) is 24.3 Å².